The highest BCUT2D eigenvalue weighted by atomic mass is 32.1. The number of aromatic nitrogens is 2. The molecule has 5 rings (SSSR count). The molecule has 0 unspecified atom stereocenters. The molecule has 94 valence electrons. The number of pyridine rings is 1. The van der Waals surface area contributed by atoms with Crippen LogP contribution in [0.3, 0.4) is 0 Å². The van der Waals surface area contributed by atoms with Gasteiger partial charge in [-0.1, -0.05) is 30.3 Å². The second-order valence-electron chi connectivity index (χ2n) is 4.98. The molecule has 20 heavy (non-hydrogen) atoms. The number of imidazole rings is 1. The summed E-state index contributed by atoms with van der Waals surface area (Å²) in [5, 5.41) is 5.86. The molecule has 3 heteroatoms. The summed E-state index contributed by atoms with van der Waals surface area (Å²) in [6, 6.07) is 17.1. The van der Waals surface area contributed by atoms with Gasteiger partial charge in [-0.3, -0.25) is 4.40 Å². The maximum absolute atomic E-state index is 4.92. The number of benzene rings is 2. The fraction of sp³-hybridized carbons (Fsp3) is 0. The van der Waals surface area contributed by atoms with Crippen LogP contribution in [0.25, 0.3) is 37.5 Å². The van der Waals surface area contributed by atoms with Crippen molar-refractivity contribution in [2.45, 2.75) is 0 Å². The first-order valence-electron chi connectivity index (χ1n) is 6.57. The molecule has 0 aliphatic carbocycles. The van der Waals surface area contributed by atoms with E-state index in [0.29, 0.717) is 0 Å². The van der Waals surface area contributed by atoms with Gasteiger partial charge in [0.1, 0.15) is 0 Å². The minimum Gasteiger partial charge on any atom is -0.298 e. The van der Waals surface area contributed by atoms with E-state index in [1.807, 2.05) is 0 Å². The third-order valence-electron chi connectivity index (χ3n) is 3.89. The Kier molecular flexibility index (Phi) is 1.86. The average molecular weight is 274 g/mol. The van der Waals surface area contributed by atoms with Crippen LogP contribution in [0.1, 0.15) is 0 Å². The SMILES string of the molecule is c1ccc2c(c1)ccc1c2nc2c3sccc3ccn12. The Balaban J connectivity index is 2.12. The van der Waals surface area contributed by atoms with Crippen molar-refractivity contribution in [2.24, 2.45) is 0 Å². The minimum absolute atomic E-state index is 1.06. The predicted octanol–water partition coefficient (Wildman–Crippen LogP) is 4.86. The van der Waals surface area contributed by atoms with Crippen LogP contribution < -0.4 is 0 Å². The van der Waals surface area contributed by atoms with Crippen molar-refractivity contribution in [1.29, 1.82) is 0 Å². The van der Waals surface area contributed by atoms with Crippen molar-refractivity contribution in [3.8, 4) is 0 Å². The molecule has 3 heterocycles. The second kappa shape index (κ2) is 3.58. The number of rotatable bonds is 0. The molecular formula is C17H10N2S. The van der Waals surface area contributed by atoms with Crippen LogP contribution in [0, 0.1) is 0 Å². The summed E-state index contributed by atoms with van der Waals surface area (Å²) >= 11 is 1.75. The zero-order valence-corrected chi connectivity index (χ0v) is 11.4. The van der Waals surface area contributed by atoms with Crippen LogP contribution in [0.4, 0.5) is 0 Å². The van der Waals surface area contributed by atoms with Crippen LogP contribution in [0.5, 0.6) is 0 Å². The molecule has 0 atom stereocenters. The predicted molar refractivity (Wildman–Crippen MR) is 85.6 cm³/mol. The minimum atomic E-state index is 1.06. The molecule has 5 aromatic rings. The summed E-state index contributed by atoms with van der Waals surface area (Å²) in [6.45, 7) is 0. The molecule has 0 amide bonds. The van der Waals surface area contributed by atoms with Gasteiger partial charge in [0, 0.05) is 11.6 Å². The number of hydrogen-bond donors (Lipinski definition) is 0. The number of thiophene rings is 1. The van der Waals surface area contributed by atoms with Crippen LogP contribution >= 0.6 is 11.3 Å². The summed E-state index contributed by atoms with van der Waals surface area (Å²) < 4.78 is 3.45. The van der Waals surface area contributed by atoms with Crippen molar-refractivity contribution < 1.29 is 0 Å². The fourth-order valence-corrected chi connectivity index (χ4v) is 3.80. The van der Waals surface area contributed by atoms with Gasteiger partial charge < -0.3 is 0 Å². The topological polar surface area (TPSA) is 17.3 Å². The first-order chi connectivity index (χ1) is 9.92. The van der Waals surface area contributed by atoms with E-state index < -0.39 is 0 Å². The Hall–Kier alpha value is -2.39. The molecule has 0 saturated carbocycles. The highest BCUT2D eigenvalue weighted by Gasteiger charge is 2.10. The van der Waals surface area contributed by atoms with Gasteiger partial charge >= 0.3 is 0 Å². The number of hydrogen-bond acceptors (Lipinski definition) is 2. The highest BCUT2D eigenvalue weighted by Crippen LogP contribution is 2.31. The Labute approximate surface area is 118 Å². The molecular weight excluding hydrogens is 264 g/mol. The van der Waals surface area contributed by atoms with Crippen molar-refractivity contribution >= 4 is 48.9 Å². The van der Waals surface area contributed by atoms with E-state index in [1.165, 1.54) is 26.4 Å². The molecule has 2 aromatic carbocycles. The first kappa shape index (κ1) is 10.4. The van der Waals surface area contributed by atoms with E-state index in [1.54, 1.807) is 11.3 Å². The van der Waals surface area contributed by atoms with Crippen LogP contribution in [0.2, 0.25) is 0 Å². The van der Waals surface area contributed by atoms with Gasteiger partial charge in [0.15, 0.2) is 5.65 Å². The smallest absolute Gasteiger partial charge is 0.155 e. The van der Waals surface area contributed by atoms with Gasteiger partial charge in [-0.25, -0.2) is 4.98 Å². The fourth-order valence-electron chi connectivity index (χ4n) is 2.93. The molecule has 3 aromatic heterocycles. The number of nitrogens with zero attached hydrogens (tertiary/aromatic N) is 2. The van der Waals surface area contributed by atoms with Gasteiger partial charge in [0.2, 0.25) is 0 Å². The molecule has 0 spiro atoms. The van der Waals surface area contributed by atoms with E-state index in [0.717, 1.165) is 11.2 Å². The zero-order valence-electron chi connectivity index (χ0n) is 10.6. The summed E-state index contributed by atoms with van der Waals surface area (Å²) in [5.74, 6) is 0. The molecule has 0 saturated heterocycles. The average Bonchev–Trinajstić information content (AvgIpc) is 3.10. The van der Waals surface area contributed by atoms with Crippen LogP contribution in [0.15, 0.2) is 60.1 Å². The monoisotopic (exact) mass is 274 g/mol. The van der Waals surface area contributed by atoms with E-state index in [4.69, 9.17) is 4.98 Å². The van der Waals surface area contributed by atoms with Gasteiger partial charge in [-0.15, -0.1) is 11.3 Å². The maximum Gasteiger partial charge on any atom is 0.155 e. The lowest BCUT2D eigenvalue weighted by Gasteiger charge is -1.98. The zero-order chi connectivity index (χ0) is 13.1. The normalized spacial score (nSPS) is 12.0. The van der Waals surface area contributed by atoms with Gasteiger partial charge in [-0.2, -0.15) is 0 Å². The van der Waals surface area contributed by atoms with Gasteiger partial charge in [0.25, 0.3) is 0 Å². The van der Waals surface area contributed by atoms with E-state index in [9.17, 15) is 0 Å². The molecule has 0 aliphatic heterocycles. The Morgan fingerprint density at radius 3 is 2.85 bits per heavy atom. The third kappa shape index (κ3) is 1.20. The Morgan fingerprint density at radius 2 is 1.85 bits per heavy atom. The maximum atomic E-state index is 4.92. The van der Waals surface area contributed by atoms with E-state index >= 15 is 0 Å². The van der Waals surface area contributed by atoms with Crippen molar-refractivity contribution in [1.82, 2.24) is 9.38 Å². The summed E-state index contributed by atoms with van der Waals surface area (Å²) in [7, 11) is 0. The van der Waals surface area contributed by atoms with Crippen LogP contribution in [-0.2, 0) is 0 Å². The Morgan fingerprint density at radius 1 is 0.900 bits per heavy atom. The van der Waals surface area contributed by atoms with Crippen molar-refractivity contribution in [2.75, 3.05) is 0 Å². The molecule has 0 fully saturated rings. The van der Waals surface area contributed by atoms with Crippen LogP contribution in [-0.4, -0.2) is 9.38 Å². The summed E-state index contributed by atoms with van der Waals surface area (Å²) in [4.78, 5) is 4.92. The standard InChI is InChI=1S/C17H10N2S/c1-2-4-13-11(3-1)5-6-14-15(13)18-17-16-12(8-10-20-16)7-9-19(14)17/h1-10H. The highest BCUT2D eigenvalue weighted by molar-refractivity contribution is 7.18. The quantitative estimate of drug-likeness (QED) is 0.394. The van der Waals surface area contributed by atoms with E-state index in [2.05, 4.69) is 64.5 Å². The molecule has 0 bridgehead atoms. The molecule has 0 radical (unpaired) electrons. The Bertz CT molecular complexity index is 1100. The summed E-state index contributed by atoms with van der Waals surface area (Å²) in [5.41, 5.74) is 3.32. The van der Waals surface area contributed by atoms with Crippen molar-refractivity contribution in [3.05, 3.63) is 60.1 Å². The second-order valence-corrected chi connectivity index (χ2v) is 5.90. The number of fused-ring (bicyclic) bond motifs is 7. The molecule has 2 nitrogen and oxygen atoms in total. The van der Waals surface area contributed by atoms with Gasteiger partial charge in [0.05, 0.1) is 15.7 Å². The lowest BCUT2D eigenvalue weighted by atomic mass is 10.1. The largest absolute Gasteiger partial charge is 0.298 e. The third-order valence-corrected chi connectivity index (χ3v) is 4.81. The summed E-state index contributed by atoms with van der Waals surface area (Å²) in [6.07, 6.45) is 2.12. The lowest BCUT2D eigenvalue weighted by Crippen LogP contribution is -1.82. The molecule has 0 aliphatic rings. The lowest BCUT2D eigenvalue weighted by molar-refractivity contribution is 1.25. The van der Waals surface area contributed by atoms with Gasteiger partial charge in [-0.05, 0) is 34.4 Å². The van der Waals surface area contributed by atoms with Crippen molar-refractivity contribution in [3.63, 3.8) is 0 Å². The van der Waals surface area contributed by atoms with E-state index in [-0.39, 0.29) is 0 Å². The first-order valence-corrected chi connectivity index (χ1v) is 7.45. The molecule has 0 N–H and O–H groups in total.